The summed E-state index contributed by atoms with van der Waals surface area (Å²) in [4.78, 5) is 12.4. The van der Waals surface area contributed by atoms with E-state index in [1.165, 1.54) is 0 Å². The second-order valence-electron chi connectivity index (χ2n) is 4.70. The highest BCUT2D eigenvalue weighted by atomic mass is 16.5. The standard InChI is InChI=1S/C14H16N4O3/c15-4-5-18-9-11(16-17-18)14(19)10-2-3-12-13(8-10)21-7-1-6-20-12/h2-3,8-9H,1,4-7,15H2. The molecular weight excluding hydrogens is 272 g/mol. The molecule has 0 atom stereocenters. The van der Waals surface area contributed by atoms with Gasteiger partial charge in [-0.1, -0.05) is 5.21 Å². The Hall–Kier alpha value is -2.41. The maximum Gasteiger partial charge on any atom is 0.215 e. The fourth-order valence-corrected chi connectivity index (χ4v) is 2.10. The van der Waals surface area contributed by atoms with Gasteiger partial charge in [-0.15, -0.1) is 5.10 Å². The Labute approximate surface area is 121 Å². The van der Waals surface area contributed by atoms with Gasteiger partial charge in [0.1, 0.15) is 0 Å². The minimum Gasteiger partial charge on any atom is -0.490 e. The maximum atomic E-state index is 12.4. The molecule has 0 spiro atoms. The minimum absolute atomic E-state index is 0.200. The zero-order valence-corrected chi connectivity index (χ0v) is 11.5. The van der Waals surface area contributed by atoms with E-state index >= 15 is 0 Å². The zero-order valence-electron chi connectivity index (χ0n) is 11.5. The van der Waals surface area contributed by atoms with Gasteiger partial charge < -0.3 is 15.2 Å². The Bertz CT molecular complexity index is 653. The lowest BCUT2D eigenvalue weighted by Gasteiger charge is -2.08. The molecule has 7 nitrogen and oxygen atoms in total. The monoisotopic (exact) mass is 288 g/mol. The summed E-state index contributed by atoms with van der Waals surface area (Å²) in [6, 6.07) is 5.14. The second kappa shape index (κ2) is 5.92. The molecule has 0 saturated heterocycles. The van der Waals surface area contributed by atoms with Crippen LogP contribution in [0.5, 0.6) is 11.5 Å². The second-order valence-corrected chi connectivity index (χ2v) is 4.70. The SMILES string of the molecule is NCCn1cc(C(=O)c2ccc3c(c2)OCCCO3)nn1. The van der Waals surface area contributed by atoms with E-state index in [0.717, 1.165) is 6.42 Å². The highest BCUT2D eigenvalue weighted by Gasteiger charge is 2.17. The Morgan fingerprint density at radius 1 is 1.29 bits per heavy atom. The molecule has 3 rings (SSSR count). The minimum atomic E-state index is -0.200. The molecular formula is C14H16N4O3. The van der Waals surface area contributed by atoms with Crippen LogP contribution in [0.1, 0.15) is 22.5 Å². The van der Waals surface area contributed by atoms with Gasteiger partial charge in [0.2, 0.25) is 5.78 Å². The molecule has 2 aromatic rings. The lowest BCUT2D eigenvalue weighted by molar-refractivity contribution is 0.103. The van der Waals surface area contributed by atoms with E-state index in [-0.39, 0.29) is 11.5 Å². The number of hydrogen-bond acceptors (Lipinski definition) is 6. The number of carbonyl (C=O) groups is 1. The van der Waals surface area contributed by atoms with Gasteiger partial charge in [-0.25, -0.2) is 0 Å². The van der Waals surface area contributed by atoms with E-state index in [4.69, 9.17) is 15.2 Å². The van der Waals surface area contributed by atoms with Crippen LogP contribution < -0.4 is 15.2 Å². The number of carbonyl (C=O) groups excluding carboxylic acids is 1. The fraction of sp³-hybridized carbons (Fsp3) is 0.357. The molecule has 0 bridgehead atoms. The largest absolute Gasteiger partial charge is 0.490 e. The Kier molecular flexibility index (Phi) is 3.83. The molecule has 1 aliphatic rings. The number of nitrogens with zero attached hydrogens (tertiary/aromatic N) is 3. The zero-order chi connectivity index (χ0) is 14.7. The number of rotatable bonds is 4. The van der Waals surface area contributed by atoms with Crippen LogP contribution in [-0.4, -0.2) is 40.5 Å². The molecule has 0 saturated carbocycles. The Morgan fingerprint density at radius 2 is 2.10 bits per heavy atom. The van der Waals surface area contributed by atoms with Crippen molar-refractivity contribution in [3.63, 3.8) is 0 Å². The van der Waals surface area contributed by atoms with Crippen molar-refractivity contribution < 1.29 is 14.3 Å². The molecule has 0 unspecified atom stereocenters. The van der Waals surface area contributed by atoms with Crippen molar-refractivity contribution in [2.75, 3.05) is 19.8 Å². The van der Waals surface area contributed by atoms with Crippen molar-refractivity contribution in [3.05, 3.63) is 35.7 Å². The lowest BCUT2D eigenvalue weighted by atomic mass is 10.1. The first-order chi connectivity index (χ1) is 10.3. The van der Waals surface area contributed by atoms with Crippen LogP contribution >= 0.6 is 0 Å². The van der Waals surface area contributed by atoms with Crippen LogP contribution in [0.3, 0.4) is 0 Å². The van der Waals surface area contributed by atoms with Gasteiger partial charge in [0.15, 0.2) is 17.2 Å². The molecule has 2 N–H and O–H groups in total. The molecule has 2 heterocycles. The van der Waals surface area contributed by atoms with E-state index < -0.39 is 0 Å². The van der Waals surface area contributed by atoms with Gasteiger partial charge >= 0.3 is 0 Å². The fourth-order valence-electron chi connectivity index (χ4n) is 2.10. The molecule has 0 aliphatic carbocycles. The summed E-state index contributed by atoms with van der Waals surface area (Å²) in [6.07, 6.45) is 2.42. The molecule has 7 heteroatoms. The molecule has 0 amide bonds. The summed E-state index contributed by atoms with van der Waals surface area (Å²) in [5.41, 5.74) is 6.23. The van der Waals surface area contributed by atoms with Crippen LogP contribution in [0, 0.1) is 0 Å². The first kappa shape index (κ1) is 13.6. The van der Waals surface area contributed by atoms with E-state index in [9.17, 15) is 4.79 Å². The van der Waals surface area contributed by atoms with Crippen molar-refractivity contribution in [3.8, 4) is 11.5 Å². The third-order valence-electron chi connectivity index (χ3n) is 3.14. The van der Waals surface area contributed by atoms with Crippen LogP contribution in [0.4, 0.5) is 0 Å². The predicted octanol–water partition coefficient (Wildman–Crippen LogP) is 0.629. The van der Waals surface area contributed by atoms with Gasteiger partial charge in [-0.05, 0) is 18.2 Å². The molecule has 21 heavy (non-hydrogen) atoms. The number of ether oxygens (including phenoxy) is 2. The van der Waals surface area contributed by atoms with Gasteiger partial charge in [-0.3, -0.25) is 9.48 Å². The third kappa shape index (κ3) is 2.87. The van der Waals surface area contributed by atoms with Crippen molar-refractivity contribution in [2.24, 2.45) is 5.73 Å². The van der Waals surface area contributed by atoms with E-state index in [1.807, 2.05) is 0 Å². The number of ketones is 1. The number of fused-ring (bicyclic) bond motifs is 1. The highest BCUT2D eigenvalue weighted by Crippen LogP contribution is 2.30. The molecule has 110 valence electrons. The van der Waals surface area contributed by atoms with Crippen molar-refractivity contribution in [1.82, 2.24) is 15.0 Å². The normalized spacial score (nSPS) is 13.8. The lowest BCUT2D eigenvalue weighted by Crippen LogP contribution is -2.10. The number of hydrogen-bond donors (Lipinski definition) is 1. The predicted molar refractivity (Wildman–Crippen MR) is 74.6 cm³/mol. The number of nitrogens with two attached hydrogens (primary N) is 1. The molecule has 0 radical (unpaired) electrons. The number of aromatic nitrogens is 3. The average molecular weight is 288 g/mol. The van der Waals surface area contributed by atoms with Gasteiger partial charge in [0.05, 0.1) is 26.0 Å². The summed E-state index contributed by atoms with van der Waals surface area (Å²) < 4.78 is 12.7. The van der Waals surface area contributed by atoms with Crippen molar-refractivity contribution in [1.29, 1.82) is 0 Å². The van der Waals surface area contributed by atoms with E-state index in [1.54, 1.807) is 29.1 Å². The van der Waals surface area contributed by atoms with Crippen LogP contribution in [0.2, 0.25) is 0 Å². The highest BCUT2D eigenvalue weighted by molar-refractivity contribution is 6.07. The van der Waals surface area contributed by atoms with Gasteiger partial charge in [0, 0.05) is 18.5 Å². The number of benzene rings is 1. The Balaban J connectivity index is 1.85. The summed E-state index contributed by atoms with van der Waals surface area (Å²) >= 11 is 0. The topological polar surface area (TPSA) is 92.3 Å². The molecule has 0 fully saturated rings. The first-order valence-electron chi connectivity index (χ1n) is 6.82. The molecule has 1 aliphatic heterocycles. The molecule has 1 aromatic carbocycles. The summed E-state index contributed by atoms with van der Waals surface area (Å²) in [6.45, 7) is 2.17. The summed E-state index contributed by atoms with van der Waals surface area (Å²) in [5, 5.41) is 7.74. The average Bonchev–Trinajstić information content (AvgIpc) is 2.83. The van der Waals surface area contributed by atoms with Crippen molar-refractivity contribution in [2.45, 2.75) is 13.0 Å². The summed E-state index contributed by atoms with van der Waals surface area (Å²) in [5.74, 6) is 1.05. The van der Waals surface area contributed by atoms with E-state index in [2.05, 4.69) is 10.3 Å². The summed E-state index contributed by atoms with van der Waals surface area (Å²) in [7, 11) is 0. The van der Waals surface area contributed by atoms with Gasteiger partial charge in [0.25, 0.3) is 0 Å². The van der Waals surface area contributed by atoms with E-state index in [0.29, 0.717) is 43.4 Å². The van der Waals surface area contributed by atoms with Crippen molar-refractivity contribution >= 4 is 5.78 Å². The first-order valence-corrected chi connectivity index (χ1v) is 6.82. The maximum absolute atomic E-state index is 12.4. The van der Waals surface area contributed by atoms with Crippen LogP contribution in [0.15, 0.2) is 24.4 Å². The smallest absolute Gasteiger partial charge is 0.215 e. The quantitative estimate of drug-likeness (QED) is 0.830. The van der Waals surface area contributed by atoms with Crippen LogP contribution in [-0.2, 0) is 6.54 Å². The van der Waals surface area contributed by atoms with Crippen LogP contribution in [0.25, 0.3) is 0 Å². The third-order valence-corrected chi connectivity index (χ3v) is 3.14. The Morgan fingerprint density at radius 3 is 2.90 bits per heavy atom. The van der Waals surface area contributed by atoms with Gasteiger partial charge in [-0.2, -0.15) is 0 Å². The molecule has 1 aromatic heterocycles.